The van der Waals surface area contributed by atoms with E-state index in [-0.39, 0.29) is 17.4 Å². The third-order valence-electron chi connectivity index (χ3n) is 2.75. The second kappa shape index (κ2) is 5.97. The molecular formula is C13H16N2O3S. The molecule has 0 saturated carbocycles. The largest absolute Gasteiger partial charge is 0.508 e. The molecule has 1 unspecified atom stereocenters. The topological polar surface area (TPSA) is 79.4 Å². The van der Waals surface area contributed by atoms with Crippen molar-refractivity contribution in [1.29, 1.82) is 0 Å². The van der Waals surface area contributed by atoms with Crippen molar-refractivity contribution in [3.63, 3.8) is 0 Å². The molecule has 5 nitrogen and oxygen atoms in total. The van der Waals surface area contributed by atoms with Gasteiger partial charge in [0.2, 0.25) is 0 Å². The maximum Gasteiger partial charge on any atom is 0.261 e. The van der Waals surface area contributed by atoms with Gasteiger partial charge in [-0.1, -0.05) is 19.0 Å². The molecule has 1 atom stereocenters. The van der Waals surface area contributed by atoms with Gasteiger partial charge in [0.1, 0.15) is 11.5 Å². The number of aromatic nitrogens is 2. The van der Waals surface area contributed by atoms with E-state index >= 15 is 0 Å². The van der Waals surface area contributed by atoms with Crippen molar-refractivity contribution in [2.75, 3.05) is 0 Å². The zero-order chi connectivity index (χ0) is 13.8. The second-order valence-electron chi connectivity index (χ2n) is 4.25. The van der Waals surface area contributed by atoms with Gasteiger partial charge in [-0.15, -0.1) is 0 Å². The van der Waals surface area contributed by atoms with Crippen LogP contribution in [0.15, 0.2) is 22.7 Å². The van der Waals surface area contributed by atoms with E-state index in [0.717, 1.165) is 6.42 Å². The van der Waals surface area contributed by atoms with Gasteiger partial charge in [-0.05, 0) is 18.6 Å². The lowest BCUT2D eigenvalue weighted by Crippen LogP contribution is -1.94. The Kier molecular flexibility index (Phi) is 4.31. The number of nitrogens with zero attached hydrogens (tertiary/aromatic N) is 2. The van der Waals surface area contributed by atoms with Gasteiger partial charge in [-0.3, -0.25) is 0 Å². The average molecular weight is 280 g/mol. The van der Waals surface area contributed by atoms with E-state index in [4.69, 9.17) is 4.52 Å². The zero-order valence-electron chi connectivity index (χ0n) is 10.8. The highest BCUT2D eigenvalue weighted by Crippen LogP contribution is 2.31. The van der Waals surface area contributed by atoms with Crippen LogP contribution in [-0.2, 0) is 5.75 Å². The molecule has 0 radical (unpaired) electrons. The van der Waals surface area contributed by atoms with Crippen LogP contribution >= 0.6 is 11.8 Å². The van der Waals surface area contributed by atoms with Gasteiger partial charge in [0.15, 0.2) is 5.82 Å². The van der Waals surface area contributed by atoms with E-state index in [9.17, 15) is 10.2 Å². The Morgan fingerprint density at radius 2 is 2.16 bits per heavy atom. The Hall–Kier alpha value is -1.69. The summed E-state index contributed by atoms with van der Waals surface area (Å²) in [5.74, 6) is 1.46. The van der Waals surface area contributed by atoms with Gasteiger partial charge in [0.25, 0.3) is 5.89 Å². The number of phenols is 2. The van der Waals surface area contributed by atoms with Crippen molar-refractivity contribution in [3.05, 3.63) is 24.0 Å². The molecule has 0 amide bonds. The number of hydrogen-bond acceptors (Lipinski definition) is 6. The first kappa shape index (κ1) is 13.7. The van der Waals surface area contributed by atoms with Crippen LogP contribution in [0, 0.1) is 0 Å². The Labute approximate surface area is 115 Å². The van der Waals surface area contributed by atoms with E-state index in [1.165, 1.54) is 12.1 Å². The Morgan fingerprint density at radius 3 is 2.84 bits per heavy atom. The summed E-state index contributed by atoms with van der Waals surface area (Å²) >= 11 is 1.76. The fourth-order valence-electron chi connectivity index (χ4n) is 1.46. The van der Waals surface area contributed by atoms with Gasteiger partial charge in [0.05, 0.1) is 11.3 Å². The van der Waals surface area contributed by atoms with Gasteiger partial charge in [-0.2, -0.15) is 16.7 Å². The van der Waals surface area contributed by atoms with Crippen LogP contribution in [0.25, 0.3) is 11.5 Å². The summed E-state index contributed by atoms with van der Waals surface area (Å²) in [7, 11) is 0. The third kappa shape index (κ3) is 3.41. The second-order valence-corrected chi connectivity index (χ2v) is 5.67. The summed E-state index contributed by atoms with van der Waals surface area (Å²) in [4.78, 5) is 4.24. The van der Waals surface area contributed by atoms with Crippen molar-refractivity contribution in [3.8, 4) is 23.0 Å². The van der Waals surface area contributed by atoms with Crippen LogP contribution in [0.4, 0.5) is 0 Å². The number of hydrogen-bond donors (Lipinski definition) is 2. The average Bonchev–Trinajstić information content (AvgIpc) is 2.84. The Bertz CT molecular complexity index is 557. The zero-order valence-corrected chi connectivity index (χ0v) is 11.6. The predicted octanol–water partition coefficient (Wildman–Crippen LogP) is 3.18. The highest BCUT2D eigenvalue weighted by atomic mass is 32.2. The van der Waals surface area contributed by atoms with Crippen LogP contribution in [0.3, 0.4) is 0 Å². The standard InChI is InChI=1S/C13H16N2O3S/c1-3-8(2)19-7-12-14-13(18-15-12)10-5-4-9(16)6-11(10)17/h4-6,8,16-17H,3,7H2,1-2H3. The molecule has 0 spiro atoms. The minimum Gasteiger partial charge on any atom is -0.508 e. The first-order valence-corrected chi connectivity index (χ1v) is 7.11. The fraction of sp³-hybridized carbons (Fsp3) is 0.385. The fourth-order valence-corrected chi connectivity index (χ4v) is 2.24. The molecule has 0 bridgehead atoms. The number of phenolic OH excluding ortho intramolecular Hbond substituents is 2. The van der Waals surface area contributed by atoms with E-state index in [2.05, 4.69) is 24.0 Å². The van der Waals surface area contributed by atoms with Crippen LogP contribution in [0.2, 0.25) is 0 Å². The highest BCUT2D eigenvalue weighted by molar-refractivity contribution is 7.99. The minimum absolute atomic E-state index is 0.00619. The molecule has 0 aliphatic rings. The minimum atomic E-state index is -0.0789. The van der Waals surface area contributed by atoms with Gasteiger partial charge in [-0.25, -0.2) is 0 Å². The van der Waals surface area contributed by atoms with E-state index in [0.29, 0.717) is 22.4 Å². The van der Waals surface area contributed by atoms with Gasteiger partial charge >= 0.3 is 0 Å². The summed E-state index contributed by atoms with van der Waals surface area (Å²) < 4.78 is 5.12. The Balaban J connectivity index is 2.12. The van der Waals surface area contributed by atoms with Crippen LogP contribution in [0.1, 0.15) is 26.1 Å². The summed E-state index contributed by atoms with van der Waals surface area (Å²) in [5.41, 5.74) is 0.421. The lowest BCUT2D eigenvalue weighted by atomic mass is 10.2. The summed E-state index contributed by atoms with van der Waals surface area (Å²) in [6, 6.07) is 4.25. The lowest BCUT2D eigenvalue weighted by Gasteiger charge is -2.04. The van der Waals surface area contributed by atoms with Crippen LogP contribution in [-0.4, -0.2) is 25.6 Å². The predicted molar refractivity (Wildman–Crippen MR) is 74.1 cm³/mol. The van der Waals surface area contributed by atoms with Gasteiger partial charge < -0.3 is 14.7 Å². The number of aromatic hydroxyl groups is 2. The molecular weight excluding hydrogens is 264 g/mol. The molecule has 2 aromatic rings. The molecule has 19 heavy (non-hydrogen) atoms. The van der Waals surface area contributed by atoms with Gasteiger partial charge in [0, 0.05) is 11.3 Å². The molecule has 2 N–H and O–H groups in total. The van der Waals surface area contributed by atoms with Crippen molar-refractivity contribution in [2.45, 2.75) is 31.3 Å². The molecule has 0 fully saturated rings. The van der Waals surface area contributed by atoms with Crippen molar-refractivity contribution < 1.29 is 14.7 Å². The number of benzene rings is 1. The quantitative estimate of drug-likeness (QED) is 0.875. The first-order valence-electron chi connectivity index (χ1n) is 6.06. The molecule has 0 aliphatic heterocycles. The van der Waals surface area contributed by atoms with E-state index in [1.807, 2.05) is 0 Å². The summed E-state index contributed by atoms with van der Waals surface area (Å²) in [5, 5.41) is 23.4. The van der Waals surface area contributed by atoms with Crippen LogP contribution < -0.4 is 0 Å². The Morgan fingerprint density at radius 1 is 1.37 bits per heavy atom. The van der Waals surface area contributed by atoms with Crippen LogP contribution in [0.5, 0.6) is 11.5 Å². The summed E-state index contributed by atoms with van der Waals surface area (Å²) in [6.45, 7) is 4.28. The maximum absolute atomic E-state index is 9.72. The summed E-state index contributed by atoms with van der Waals surface area (Å²) in [6.07, 6.45) is 1.09. The first-order chi connectivity index (χ1) is 9.10. The molecule has 6 heteroatoms. The molecule has 102 valence electrons. The molecule has 0 saturated heterocycles. The smallest absolute Gasteiger partial charge is 0.261 e. The monoisotopic (exact) mass is 280 g/mol. The van der Waals surface area contributed by atoms with E-state index < -0.39 is 0 Å². The number of thioether (sulfide) groups is 1. The SMILES string of the molecule is CCC(C)SCc1noc(-c2ccc(O)cc2O)n1. The molecule has 1 aromatic carbocycles. The number of rotatable bonds is 5. The van der Waals surface area contributed by atoms with Crippen molar-refractivity contribution >= 4 is 11.8 Å². The molecule has 1 heterocycles. The molecule has 2 rings (SSSR count). The lowest BCUT2D eigenvalue weighted by molar-refractivity contribution is 0.418. The maximum atomic E-state index is 9.72. The normalized spacial score (nSPS) is 12.5. The van der Waals surface area contributed by atoms with Crippen molar-refractivity contribution in [2.24, 2.45) is 0 Å². The molecule has 1 aromatic heterocycles. The van der Waals surface area contributed by atoms with Crippen molar-refractivity contribution in [1.82, 2.24) is 10.1 Å². The van der Waals surface area contributed by atoms with E-state index in [1.54, 1.807) is 17.8 Å². The highest BCUT2D eigenvalue weighted by Gasteiger charge is 2.13. The third-order valence-corrected chi connectivity index (χ3v) is 4.08. The molecule has 0 aliphatic carbocycles.